The molecule has 1 aliphatic rings. The summed E-state index contributed by atoms with van der Waals surface area (Å²) in [5.74, 6) is -0.0245. The first-order valence-electron chi connectivity index (χ1n) is 6.92. The average Bonchev–Trinajstić information content (AvgIpc) is 2.95. The highest BCUT2D eigenvalue weighted by molar-refractivity contribution is 6.31. The number of nitrogen functional groups attached to an aromatic ring is 1. The number of pyridine rings is 1. The summed E-state index contributed by atoms with van der Waals surface area (Å²) in [6, 6.07) is 9.01. The molecular weight excluding hydrogens is 286 g/mol. The van der Waals surface area contributed by atoms with Gasteiger partial charge in [0.1, 0.15) is 0 Å². The van der Waals surface area contributed by atoms with Gasteiger partial charge >= 0.3 is 0 Å². The number of likely N-dealkylation sites (tertiary alicyclic amines) is 1. The number of aromatic nitrogens is 1. The third-order valence-electron chi connectivity index (χ3n) is 3.77. The van der Waals surface area contributed by atoms with Crippen molar-refractivity contribution in [3.63, 3.8) is 0 Å². The molecule has 0 aliphatic carbocycles. The zero-order valence-corrected chi connectivity index (χ0v) is 12.3. The van der Waals surface area contributed by atoms with Crippen molar-refractivity contribution in [3.8, 4) is 0 Å². The second-order valence-electron chi connectivity index (χ2n) is 5.21. The molecule has 5 heteroatoms. The van der Waals surface area contributed by atoms with Crippen LogP contribution in [-0.2, 0) is 0 Å². The summed E-state index contributed by atoms with van der Waals surface area (Å²) in [5, 5.41) is 0.484. The summed E-state index contributed by atoms with van der Waals surface area (Å²) in [7, 11) is 0. The van der Waals surface area contributed by atoms with Crippen LogP contribution in [0.25, 0.3) is 0 Å². The molecule has 21 heavy (non-hydrogen) atoms. The molecular formula is C16H16ClN3O. The number of amides is 1. The molecule has 0 radical (unpaired) electrons. The normalized spacial score (nSPS) is 18.0. The van der Waals surface area contributed by atoms with Crippen LogP contribution in [0.15, 0.2) is 42.7 Å². The highest BCUT2D eigenvalue weighted by Gasteiger charge is 2.30. The summed E-state index contributed by atoms with van der Waals surface area (Å²) < 4.78 is 0. The fourth-order valence-corrected chi connectivity index (χ4v) is 3.09. The number of nitrogens with two attached hydrogens (primary N) is 1. The molecule has 0 saturated carbocycles. The molecule has 1 atom stereocenters. The quantitative estimate of drug-likeness (QED) is 0.866. The Morgan fingerprint density at radius 1 is 1.29 bits per heavy atom. The maximum absolute atomic E-state index is 12.7. The van der Waals surface area contributed by atoms with Crippen molar-refractivity contribution in [2.45, 2.75) is 18.9 Å². The minimum atomic E-state index is -0.0245. The Balaban J connectivity index is 1.90. The lowest BCUT2D eigenvalue weighted by Crippen LogP contribution is -2.30. The minimum absolute atomic E-state index is 0.0245. The van der Waals surface area contributed by atoms with Gasteiger partial charge in [0.25, 0.3) is 5.91 Å². The third-order valence-corrected chi connectivity index (χ3v) is 3.99. The molecule has 1 aromatic heterocycles. The van der Waals surface area contributed by atoms with Crippen LogP contribution < -0.4 is 5.73 Å². The molecule has 4 nitrogen and oxygen atoms in total. The lowest BCUT2D eigenvalue weighted by molar-refractivity contribution is 0.0735. The Bertz CT molecular complexity index is 640. The van der Waals surface area contributed by atoms with Gasteiger partial charge in [0.05, 0.1) is 6.04 Å². The highest BCUT2D eigenvalue weighted by atomic mass is 35.5. The summed E-state index contributed by atoms with van der Waals surface area (Å²) in [4.78, 5) is 18.7. The number of carbonyl (C=O) groups is 1. The topological polar surface area (TPSA) is 59.2 Å². The zero-order valence-electron chi connectivity index (χ0n) is 11.5. The first kappa shape index (κ1) is 13.9. The van der Waals surface area contributed by atoms with Crippen molar-refractivity contribution >= 4 is 23.2 Å². The number of hydrogen-bond donors (Lipinski definition) is 1. The number of halogens is 1. The van der Waals surface area contributed by atoms with Crippen molar-refractivity contribution in [1.82, 2.24) is 9.88 Å². The van der Waals surface area contributed by atoms with Gasteiger partial charge in [-0.15, -0.1) is 0 Å². The maximum atomic E-state index is 12.7. The summed E-state index contributed by atoms with van der Waals surface area (Å²) in [6.45, 7) is 0.748. The number of rotatable bonds is 2. The first-order valence-corrected chi connectivity index (χ1v) is 7.30. The van der Waals surface area contributed by atoms with Crippen LogP contribution >= 0.6 is 11.6 Å². The smallest absolute Gasteiger partial charge is 0.254 e. The molecule has 1 amide bonds. The predicted octanol–water partition coefficient (Wildman–Crippen LogP) is 3.29. The lowest BCUT2D eigenvalue weighted by atomic mass is 10.1. The Morgan fingerprint density at radius 2 is 2.05 bits per heavy atom. The van der Waals surface area contributed by atoms with Gasteiger partial charge in [0.2, 0.25) is 0 Å². The van der Waals surface area contributed by atoms with E-state index < -0.39 is 0 Å². The molecule has 2 aromatic rings. The van der Waals surface area contributed by atoms with Gasteiger partial charge in [-0.2, -0.15) is 0 Å². The van der Waals surface area contributed by atoms with Crippen molar-refractivity contribution in [3.05, 3.63) is 58.9 Å². The molecule has 0 bridgehead atoms. The van der Waals surface area contributed by atoms with E-state index in [4.69, 9.17) is 17.3 Å². The Kier molecular flexibility index (Phi) is 3.80. The van der Waals surface area contributed by atoms with Gasteiger partial charge < -0.3 is 10.6 Å². The predicted molar refractivity (Wildman–Crippen MR) is 83.1 cm³/mol. The van der Waals surface area contributed by atoms with Gasteiger partial charge in [-0.25, -0.2) is 0 Å². The molecule has 1 fully saturated rings. The Labute approximate surface area is 128 Å². The molecule has 1 saturated heterocycles. The monoisotopic (exact) mass is 301 g/mol. The number of anilines is 1. The molecule has 1 unspecified atom stereocenters. The molecule has 1 aromatic carbocycles. The molecule has 108 valence electrons. The van der Waals surface area contributed by atoms with E-state index in [-0.39, 0.29) is 11.9 Å². The Hall–Kier alpha value is -2.07. The van der Waals surface area contributed by atoms with E-state index in [2.05, 4.69) is 4.98 Å². The van der Waals surface area contributed by atoms with Crippen molar-refractivity contribution in [1.29, 1.82) is 0 Å². The second-order valence-corrected chi connectivity index (χ2v) is 5.65. The molecule has 2 heterocycles. The van der Waals surface area contributed by atoms with Crippen molar-refractivity contribution in [2.75, 3.05) is 12.3 Å². The number of hydrogen-bond acceptors (Lipinski definition) is 3. The first-order chi connectivity index (χ1) is 10.1. The van der Waals surface area contributed by atoms with E-state index in [1.54, 1.807) is 30.6 Å². The molecule has 1 aliphatic heterocycles. The van der Waals surface area contributed by atoms with Gasteiger partial charge in [0, 0.05) is 35.2 Å². The van der Waals surface area contributed by atoms with Crippen LogP contribution in [0.5, 0.6) is 0 Å². The summed E-state index contributed by atoms with van der Waals surface area (Å²) in [5.41, 5.74) is 7.94. The second kappa shape index (κ2) is 5.74. The summed E-state index contributed by atoms with van der Waals surface area (Å²) in [6.07, 6.45) is 5.47. The van der Waals surface area contributed by atoms with Crippen LogP contribution in [0.4, 0.5) is 5.69 Å². The Morgan fingerprint density at radius 3 is 2.76 bits per heavy atom. The molecule has 0 spiro atoms. The highest BCUT2D eigenvalue weighted by Crippen LogP contribution is 2.33. The standard InChI is InChI=1S/C16H16ClN3O/c17-13-8-12(9-14(18)10-13)16(21)20-7-1-2-15(20)11-3-5-19-6-4-11/h3-6,8-10,15H,1-2,7,18H2. The van der Waals surface area contributed by atoms with E-state index >= 15 is 0 Å². The van der Waals surface area contributed by atoms with E-state index in [1.165, 1.54) is 0 Å². The van der Waals surface area contributed by atoms with E-state index in [9.17, 15) is 4.79 Å². The van der Waals surface area contributed by atoms with Crippen LogP contribution in [-0.4, -0.2) is 22.3 Å². The van der Waals surface area contributed by atoms with Gasteiger partial charge in [-0.05, 0) is 48.7 Å². The zero-order chi connectivity index (χ0) is 14.8. The van der Waals surface area contributed by atoms with Crippen molar-refractivity contribution < 1.29 is 4.79 Å². The van der Waals surface area contributed by atoms with Crippen LogP contribution in [0.2, 0.25) is 5.02 Å². The third kappa shape index (κ3) is 2.85. The van der Waals surface area contributed by atoms with E-state index in [0.717, 1.165) is 24.9 Å². The maximum Gasteiger partial charge on any atom is 0.254 e. The SMILES string of the molecule is Nc1cc(Cl)cc(C(=O)N2CCCC2c2ccncc2)c1. The number of benzene rings is 1. The van der Waals surface area contributed by atoms with E-state index in [1.807, 2.05) is 17.0 Å². The lowest BCUT2D eigenvalue weighted by Gasteiger charge is -2.25. The van der Waals surface area contributed by atoms with Gasteiger partial charge in [0.15, 0.2) is 0 Å². The average molecular weight is 302 g/mol. The van der Waals surface area contributed by atoms with E-state index in [0.29, 0.717) is 16.3 Å². The van der Waals surface area contributed by atoms with Crippen LogP contribution in [0.3, 0.4) is 0 Å². The van der Waals surface area contributed by atoms with Crippen LogP contribution in [0, 0.1) is 0 Å². The van der Waals surface area contributed by atoms with Crippen LogP contribution in [0.1, 0.15) is 34.8 Å². The van der Waals surface area contributed by atoms with Gasteiger partial charge in [-0.3, -0.25) is 9.78 Å². The molecule has 2 N–H and O–H groups in total. The number of carbonyl (C=O) groups excluding carboxylic acids is 1. The largest absolute Gasteiger partial charge is 0.399 e. The van der Waals surface area contributed by atoms with Gasteiger partial charge in [-0.1, -0.05) is 11.6 Å². The number of nitrogens with zero attached hydrogens (tertiary/aromatic N) is 2. The van der Waals surface area contributed by atoms with Crippen molar-refractivity contribution in [2.24, 2.45) is 0 Å². The fourth-order valence-electron chi connectivity index (χ4n) is 2.84. The summed E-state index contributed by atoms with van der Waals surface area (Å²) >= 11 is 6.00. The fraction of sp³-hybridized carbons (Fsp3) is 0.250. The molecule has 3 rings (SSSR count). The minimum Gasteiger partial charge on any atom is -0.399 e.